The Hall–Kier alpha value is -0.120. The first kappa shape index (κ1) is 15.8. The van der Waals surface area contributed by atoms with E-state index in [1.807, 2.05) is 0 Å². The average Bonchev–Trinajstić information content (AvgIpc) is 2.47. The van der Waals surface area contributed by atoms with Crippen molar-refractivity contribution in [2.24, 2.45) is 11.1 Å². The monoisotopic (exact) mass is 293 g/mol. The number of piperazine rings is 1. The smallest absolute Gasteiger partial charge is 0.0386 e. The van der Waals surface area contributed by atoms with Crippen LogP contribution in [0.2, 0.25) is 0 Å². The Bertz CT molecular complexity index is 367. The summed E-state index contributed by atoms with van der Waals surface area (Å²) in [4.78, 5) is 5.60. The lowest BCUT2D eigenvalue weighted by Gasteiger charge is -2.61. The highest BCUT2D eigenvalue weighted by molar-refractivity contribution is 5.08. The summed E-state index contributed by atoms with van der Waals surface area (Å²) < 4.78 is 0. The van der Waals surface area contributed by atoms with E-state index in [1.165, 1.54) is 64.6 Å². The molecule has 3 atom stereocenters. The Kier molecular flexibility index (Phi) is 4.37. The molecule has 2 N–H and O–H groups in total. The second-order valence-electron chi connectivity index (χ2n) is 8.47. The van der Waals surface area contributed by atoms with Crippen LogP contribution in [-0.4, -0.2) is 53.6 Å². The van der Waals surface area contributed by atoms with Gasteiger partial charge in [0, 0.05) is 37.3 Å². The van der Waals surface area contributed by atoms with Gasteiger partial charge in [0.05, 0.1) is 0 Å². The number of hydrogen-bond donors (Lipinski definition) is 1. The van der Waals surface area contributed by atoms with Crippen molar-refractivity contribution in [3.63, 3.8) is 0 Å². The van der Waals surface area contributed by atoms with Gasteiger partial charge in [0.15, 0.2) is 0 Å². The molecule has 3 fully saturated rings. The molecule has 3 nitrogen and oxygen atoms in total. The first-order valence-electron chi connectivity index (χ1n) is 9.21. The quantitative estimate of drug-likeness (QED) is 0.850. The molecule has 0 amide bonds. The van der Waals surface area contributed by atoms with Gasteiger partial charge >= 0.3 is 0 Å². The minimum Gasteiger partial charge on any atom is -0.329 e. The van der Waals surface area contributed by atoms with Crippen LogP contribution in [0.1, 0.15) is 65.7 Å². The van der Waals surface area contributed by atoms with Crippen LogP contribution in [-0.2, 0) is 0 Å². The lowest BCUT2D eigenvalue weighted by atomic mass is 9.61. The second kappa shape index (κ2) is 5.82. The van der Waals surface area contributed by atoms with Crippen molar-refractivity contribution in [1.29, 1.82) is 0 Å². The van der Waals surface area contributed by atoms with Crippen LogP contribution in [0.15, 0.2) is 0 Å². The summed E-state index contributed by atoms with van der Waals surface area (Å²) in [6.07, 6.45) is 9.59. The fraction of sp³-hybridized carbons (Fsp3) is 1.00. The van der Waals surface area contributed by atoms with Crippen LogP contribution >= 0.6 is 0 Å². The number of piperidine rings is 1. The molecular formula is C18H35N3. The fourth-order valence-electron chi connectivity index (χ4n) is 5.53. The number of nitrogens with two attached hydrogens (primary N) is 1. The van der Waals surface area contributed by atoms with E-state index in [2.05, 4.69) is 30.6 Å². The van der Waals surface area contributed by atoms with E-state index in [4.69, 9.17) is 5.73 Å². The SMILES string of the molecule is CC1CN2CCCCC2CN1C1(CN)CCCCC1(C)C. The molecule has 0 aromatic rings. The topological polar surface area (TPSA) is 32.5 Å². The summed E-state index contributed by atoms with van der Waals surface area (Å²) in [5, 5.41) is 0. The molecule has 3 heteroatoms. The normalized spacial score (nSPS) is 41.7. The standard InChI is InChI=1S/C18H35N3/c1-15-12-20-11-7-4-8-16(20)13-21(15)18(14-19)10-6-5-9-17(18,2)3/h15-16H,4-14,19H2,1-3H3. The van der Waals surface area contributed by atoms with E-state index in [9.17, 15) is 0 Å². The lowest BCUT2D eigenvalue weighted by molar-refractivity contribution is -0.109. The third-order valence-corrected chi connectivity index (χ3v) is 6.98. The minimum atomic E-state index is 0.230. The Morgan fingerprint density at radius 1 is 1.05 bits per heavy atom. The molecule has 3 unspecified atom stereocenters. The van der Waals surface area contributed by atoms with E-state index in [1.54, 1.807) is 0 Å². The van der Waals surface area contributed by atoms with Crippen molar-refractivity contribution in [2.75, 3.05) is 26.2 Å². The van der Waals surface area contributed by atoms with E-state index in [0.717, 1.165) is 12.6 Å². The molecule has 2 saturated heterocycles. The Morgan fingerprint density at radius 3 is 2.52 bits per heavy atom. The summed E-state index contributed by atoms with van der Waals surface area (Å²) in [7, 11) is 0. The van der Waals surface area contributed by atoms with Gasteiger partial charge in [0.2, 0.25) is 0 Å². The van der Waals surface area contributed by atoms with E-state index in [-0.39, 0.29) is 5.54 Å². The van der Waals surface area contributed by atoms with Crippen LogP contribution in [0.5, 0.6) is 0 Å². The summed E-state index contributed by atoms with van der Waals surface area (Å²) in [6.45, 7) is 12.0. The van der Waals surface area contributed by atoms with Crippen LogP contribution in [0.25, 0.3) is 0 Å². The zero-order valence-corrected chi connectivity index (χ0v) is 14.4. The maximum absolute atomic E-state index is 6.42. The second-order valence-corrected chi connectivity index (χ2v) is 8.47. The van der Waals surface area contributed by atoms with Crippen molar-refractivity contribution in [3.8, 4) is 0 Å². The van der Waals surface area contributed by atoms with Gasteiger partial charge in [0.1, 0.15) is 0 Å². The van der Waals surface area contributed by atoms with Crippen molar-refractivity contribution in [1.82, 2.24) is 9.80 Å². The molecular weight excluding hydrogens is 258 g/mol. The maximum atomic E-state index is 6.42. The van der Waals surface area contributed by atoms with Gasteiger partial charge in [0.25, 0.3) is 0 Å². The predicted octanol–water partition coefficient (Wildman–Crippen LogP) is 2.84. The van der Waals surface area contributed by atoms with Gasteiger partial charge in [-0.2, -0.15) is 0 Å². The third-order valence-electron chi connectivity index (χ3n) is 6.98. The Balaban J connectivity index is 1.85. The zero-order valence-electron chi connectivity index (χ0n) is 14.4. The molecule has 0 bridgehead atoms. The third kappa shape index (κ3) is 2.55. The summed E-state index contributed by atoms with van der Waals surface area (Å²) in [5.74, 6) is 0. The van der Waals surface area contributed by atoms with Crippen LogP contribution in [0.4, 0.5) is 0 Å². The summed E-state index contributed by atoms with van der Waals surface area (Å²) in [5.41, 5.74) is 7.00. The number of rotatable bonds is 2. The number of fused-ring (bicyclic) bond motifs is 1. The van der Waals surface area contributed by atoms with Crippen molar-refractivity contribution < 1.29 is 0 Å². The highest BCUT2D eigenvalue weighted by Crippen LogP contribution is 2.48. The Morgan fingerprint density at radius 2 is 1.81 bits per heavy atom. The summed E-state index contributed by atoms with van der Waals surface area (Å²) in [6, 6.07) is 1.44. The van der Waals surface area contributed by atoms with Crippen LogP contribution in [0.3, 0.4) is 0 Å². The molecule has 21 heavy (non-hydrogen) atoms. The predicted molar refractivity (Wildman–Crippen MR) is 89.4 cm³/mol. The first-order valence-corrected chi connectivity index (χ1v) is 9.21. The molecule has 2 heterocycles. The van der Waals surface area contributed by atoms with Crippen molar-refractivity contribution in [2.45, 2.75) is 83.3 Å². The van der Waals surface area contributed by atoms with Crippen LogP contribution < -0.4 is 5.73 Å². The highest BCUT2D eigenvalue weighted by atomic mass is 15.3. The maximum Gasteiger partial charge on any atom is 0.0386 e. The molecule has 1 aliphatic carbocycles. The summed E-state index contributed by atoms with van der Waals surface area (Å²) >= 11 is 0. The molecule has 3 rings (SSSR count). The fourth-order valence-corrected chi connectivity index (χ4v) is 5.53. The van der Waals surface area contributed by atoms with E-state index in [0.29, 0.717) is 11.5 Å². The van der Waals surface area contributed by atoms with Gasteiger partial charge in [-0.1, -0.05) is 33.1 Å². The van der Waals surface area contributed by atoms with E-state index >= 15 is 0 Å². The van der Waals surface area contributed by atoms with Gasteiger partial charge in [-0.25, -0.2) is 0 Å². The van der Waals surface area contributed by atoms with Gasteiger partial charge in [-0.15, -0.1) is 0 Å². The molecule has 1 saturated carbocycles. The van der Waals surface area contributed by atoms with Crippen LogP contribution in [0, 0.1) is 5.41 Å². The van der Waals surface area contributed by atoms with Crippen molar-refractivity contribution in [3.05, 3.63) is 0 Å². The first-order chi connectivity index (χ1) is 10.00. The largest absolute Gasteiger partial charge is 0.329 e. The Labute approximate surface area is 131 Å². The molecule has 0 aromatic carbocycles. The molecule has 0 aromatic heterocycles. The average molecular weight is 293 g/mol. The number of hydrogen-bond acceptors (Lipinski definition) is 3. The molecule has 0 radical (unpaired) electrons. The van der Waals surface area contributed by atoms with Gasteiger partial charge < -0.3 is 5.73 Å². The van der Waals surface area contributed by atoms with Gasteiger partial charge in [-0.3, -0.25) is 9.80 Å². The molecule has 3 aliphatic rings. The molecule has 2 aliphatic heterocycles. The zero-order chi connectivity index (χ0) is 15.1. The lowest BCUT2D eigenvalue weighted by Crippen LogP contribution is -2.71. The van der Waals surface area contributed by atoms with Gasteiger partial charge in [-0.05, 0) is 44.6 Å². The minimum absolute atomic E-state index is 0.230. The van der Waals surface area contributed by atoms with E-state index < -0.39 is 0 Å². The molecule has 122 valence electrons. The van der Waals surface area contributed by atoms with Crippen molar-refractivity contribution >= 4 is 0 Å². The number of nitrogens with zero attached hydrogens (tertiary/aromatic N) is 2. The highest BCUT2D eigenvalue weighted by Gasteiger charge is 2.52. The molecule has 0 spiro atoms.